The minimum atomic E-state index is -0.659. The van der Waals surface area contributed by atoms with Crippen molar-refractivity contribution in [3.05, 3.63) is 68.7 Å². The second kappa shape index (κ2) is 9.26. The van der Waals surface area contributed by atoms with Crippen molar-refractivity contribution in [2.75, 3.05) is 7.05 Å². The molecule has 1 N–H and O–H groups in total. The van der Waals surface area contributed by atoms with Gasteiger partial charge in [0.25, 0.3) is 0 Å². The number of carbonyl (C=O) groups is 2. The zero-order valence-corrected chi connectivity index (χ0v) is 16.7. The van der Waals surface area contributed by atoms with Crippen LogP contribution < -0.4 is 5.32 Å². The zero-order chi connectivity index (χ0) is 19.3. The SMILES string of the molecule is CNC(=O)C(C)N(Cc1cccc(Cl)c1)C(=O)Cc1c(Cl)cccc1Cl. The lowest BCUT2D eigenvalue weighted by Gasteiger charge is -2.28. The van der Waals surface area contributed by atoms with E-state index in [-0.39, 0.29) is 24.8 Å². The number of amides is 2. The summed E-state index contributed by atoms with van der Waals surface area (Å²) in [5.41, 5.74) is 1.37. The average Bonchev–Trinajstić information content (AvgIpc) is 2.61. The number of nitrogens with one attached hydrogen (secondary N) is 1. The molecule has 0 radical (unpaired) electrons. The van der Waals surface area contributed by atoms with Gasteiger partial charge in [0.2, 0.25) is 11.8 Å². The van der Waals surface area contributed by atoms with Crippen molar-refractivity contribution in [1.29, 1.82) is 0 Å². The largest absolute Gasteiger partial charge is 0.357 e. The lowest BCUT2D eigenvalue weighted by molar-refractivity contribution is -0.139. The Morgan fingerprint density at radius 1 is 1.08 bits per heavy atom. The van der Waals surface area contributed by atoms with E-state index in [2.05, 4.69) is 5.32 Å². The van der Waals surface area contributed by atoms with Crippen molar-refractivity contribution < 1.29 is 9.59 Å². The third kappa shape index (κ3) is 5.13. The van der Waals surface area contributed by atoms with E-state index < -0.39 is 6.04 Å². The summed E-state index contributed by atoms with van der Waals surface area (Å²) < 4.78 is 0. The maximum absolute atomic E-state index is 13.0. The molecule has 0 saturated heterocycles. The molecule has 2 aromatic rings. The van der Waals surface area contributed by atoms with Crippen molar-refractivity contribution >= 4 is 46.6 Å². The van der Waals surface area contributed by atoms with E-state index in [0.29, 0.717) is 20.6 Å². The van der Waals surface area contributed by atoms with Crippen LogP contribution in [-0.2, 0) is 22.6 Å². The first-order valence-electron chi connectivity index (χ1n) is 8.02. The smallest absolute Gasteiger partial charge is 0.242 e. The van der Waals surface area contributed by atoms with Crippen molar-refractivity contribution in [3.63, 3.8) is 0 Å². The van der Waals surface area contributed by atoms with Gasteiger partial charge in [-0.1, -0.05) is 53.0 Å². The van der Waals surface area contributed by atoms with E-state index in [1.54, 1.807) is 43.3 Å². The van der Waals surface area contributed by atoms with Gasteiger partial charge in [-0.3, -0.25) is 9.59 Å². The van der Waals surface area contributed by atoms with Crippen LogP contribution in [0, 0.1) is 0 Å². The molecule has 0 aliphatic heterocycles. The van der Waals surface area contributed by atoms with E-state index in [1.807, 2.05) is 6.07 Å². The Balaban J connectivity index is 2.30. The van der Waals surface area contributed by atoms with Gasteiger partial charge in [-0.2, -0.15) is 0 Å². The summed E-state index contributed by atoms with van der Waals surface area (Å²) in [6.45, 7) is 1.92. The maximum atomic E-state index is 13.0. The van der Waals surface area contributed by atoms with Gasteiger partial charge in [0.1, 0.15) is 6.04 Å². The molecule has 4 nitrogen and oxygen atoms in total. The Kier molecular flexibility index (Phi) is 7.33. The average molecular weight is 414 g/mol. The number of rotatable bonds is 6. The van der Waals surface area contributed by atoms with Crippen molar-refractivity contribution in [1.82, 2.24) is 10.2 Å². The topological polar surface area (TPSA) is 49.4 Å². The summed E-state index contributed by atoms with van der Waals surface area (Å²) in [5.74, 6) is -0.512. The normalized spacial score (nSPS) is 11.7. The van der Waals surface area contributed by atoms with Crippen LogP contribution in [0.2, 0.25) is 15.1 Å². The third-order valence-electron chi connectivity index (χ3n) is 4.05. The molecular weight excluding hydrogens is 395 g/mol. The second-order valence-corrected chi connectivity index (χ2v) is 7.07. The van der Waals surface area contributed by atoms with Gasteiger partial charge in [0.05, 0.1) is 6.42 Å². The predicted octanol–water partition coefficient (Wildman–Crippen LogP) is 4.35. The fourth-order valence-corrected chi connectivity index (χ4v) is 3.32. The molecule has 1 atom stereocenters. The molecule has 1 unspecified atom stereocenters. The minimum Gasteiger partial charge on any atom is -0.357 e. The number of hydrogen-bond acceptors (Lipinski definition) is 2. The lowest BCUT2D eigenvalue weighted by atomic mass is 10.1. The van der Waals surface area contributed by atoms with E-state index in [0.717, 1.165) is 5.56 Å². The van der Waals surface area contributed by atoms with Crippen molar-refractivity contribution in [3.8, 4) is 0 Å². The third-order valence-corrected chi connectivity index (χ3v) is 4.99. The number of carbonyl (C=O) groups excluding carboxylic acids is 2. The van der Waals surface area contributed by atoms with Crippen LogP contribution in [0.15, 0.2) is 42.5 Å². The van der Waals surface area contributed by atoms with Crippen LogP contribution in [0.25, 0.3) is 0 Å². The highest BCUT2D eigenvalue weighted by Crippen LogP contribution is 2.26. The fraction of sp³-hybridized carbons (Fsp3) is 0.263. The van der Waals surface area contributed by atoms with Gasteiger partial charge in [-0.15, -0.1) is 0 Å². The van der Waals surface area contributed by atoms with Crippen LogP contribution in [0.5, 0.6) is 0 Å². The minimum absolute atomic E-state index is 0.000403. The Bertz CT molecular complexity index is 791. The Hall–Kier alpha value is -1.75. The first-order valence-corrected chi connectivity index (χ1v) is 9.15. The summed E-state index contributed by atoms with van der Waals surface area (Å²) in [5, 5.41) is 3.97. The molecule has 0 aliphatic rings. The van der Waals surface area contributed by atoms with Crippen LogP contribution >= 0.6 is 34.8 Å². The zero-order valence-electron chi connectivity index (χ0n) is 14.4. The van der Waals surface area contributed by atoms with Crippen molar-refractivity contribution in [2.24, 2.45) is 0 Å². The van der Waals surface area contributed by atoms with Crippen molar-refractivity contribution in [2.45, 2.75) is 25.9 Å². The molecular formula is C19H19Cl3N2O2. The molecule has 0 saturated carbocycles. The predicted molar refractivity (Wildman–Crippen MR) is 106 cm³/mol. The van der Waals surface area contributed by atoms with Gasteiger partial charge in [-0.05, 0) is 42.3 Å². The number of hydrogen-bond donors (Lipinski definition) is 1. The summed E-state index contributed by atoms with van der Waals surface area (Å²) in [4.78, 5) is 26.6. The van der Waals surface area contributed by atoms with Gasteiger partial charge < -0.3 is 10.2 Å². The monoisotopic (exact) mass is 412 g/mol. The maximum Gasteiger partial charge on any atom is 0.242 e. The summed E-state index contributed by atoms with van der Waals surface area (Å²) >= 11 is 18.4. The molecule has 0 bridgehead atoms. The number of likely N-dealkylation sites (N-methyl/N-ethyl adjacent to an activating group) is 1. The van der Waals surface area contributed by atoms with Gasteiger partial charge in [0.15, 0.2) is 0 Å². The Morgan fingerprint density at radius 2 is 1.69 bits per heavy atom. The number of nitrogens with zero attached hydrogens (tertiary/aromatic N) is 1. The Labute approximate surface area is 168 Å². The van der Waals surface area contributed by atoms with E-state index in [9.17, 15) is 9.59 Å². The van der Waals surface area contributed by atoms with Gasteiger partial charge in [-0.25, -0.2) is 0 Å². The molecule has 2 rings (SSSR count). The van der Waals surface area contributed by atoms with E-state index in [4.69, 9.17) is 34.8 Å². The summed E-state index contributed by atoms with van der Waals surface area (Å²) in [6, 6.07) is 11.6. The molecule has 26 heavy (non-hydrogen) atoms. The van der Waals surface area contributed by atoms with Crippen LogP contribution in [0.4, 0.5) is 0 Å². The Morgan fingerprint density at radius 3 is 2.27 bits per heavy atom. The number of halogens is 3. The molecule has 138 valence electrons. The van der Waals surface area contributed by atoms with Crippen LogP contribution in [0.1, 0.15) is 18.1 Å². The molecule has 0 heterocycles. The molecule has 2 amide bonds. The summed E-state index contributed by atoms with van der Waals surface area (Å²) in [6.07, 6.45) is 0.000403. The molecule has 7 heteroatoms. The van der Waals surface area contributed by atoms with E-state index in [1.165, 1.54) is 11.9 Å². The number of benzene rings is 2. The first kappa shape index (κ1) is 20.6. The molecule has 0 aliphatic carbocycles. The molecule has 0 aromatic heterocycles. The quantitative estimate of drug-likeness (QED) is 0.765. The highest BCUT2D eigenvalue weighted by atomic mass is 35.5. The summed E-state index contributed by atoms with van der Waals surface area (Å²) in [7, 11) is 1.53. The van der Waals surface area contributed by atoms with Crippen LogP contribution in [0.3, 0.4) is 0 Å². The molecule has 0 spiro atoms. The second-order valence-electron chi connectivity index (χ2n) is 5.82. The molecule has 0 fully saturated rings. The first-order chi connectivity index (χ1) is 12.3. The van der Waals surface area contributed by atoms with E-state index >= 15 is 0 Å². The lowest BCUT2D eigenvalue weighted by Crippen LogP contribution is -2.47. The highest BCUT2D eigenvalue weighted by molar-refractivity contribution is 6.36. The van der Waals surface area contributed by atoms with Crippen LogP contribution in [-0.4, -0.2) is 29.8 Å². The highest BCUT2D eigenvalue weighted by Gasteiger charge is 2.26. The van der Waals surface area contributed by atoms with Gasteiger partial charge >= 0.3 is 0 Å². The van der Waals surface area contributed by atoms with Gasteiger partial charge in [0, 0.05) is 28.7 Å². The fourth-order valence-electron chi connectivity index (χ4n) is 2.58. The standard InChI is InChI=1S/C19H19Cl3N2O2/c1-12(19(26)23-2)24(11-13-5-3-6-14(20)9-13)18(25)10-15-16(21)7-4-8-17(15)22/h3-9,12H,10-11H2,1-2H3,(H,23,26). The molecule has 2 aromatic carbocycles.